The number of anilines is 1. The minimum atomic E-state index is -3.74. The molecule has 1 aliphatic heterocycles. The van der Waals surface area contributed by atoms with Crippen LogP contribution in [0.1, 0.15) is 10.9 Å². The third-order valence-corrected chi connectivity index (χ3v) is 5.47. The van der Waals surface area contributed by atoms with Gasteiger partial charge in [0.25, 0.3) is 0 Å². The molecule has 3 rings (SSSR count). The minimum Gasteiger partial charge on any atom is -0.497 e. The summed E-state index contributed by atoms with van der Waals surface area (Å²) in [5.41, 5.74) is 0.651. The Hall–Kier alpha value is -2.41. The topological polar surface area (TPSA) is 63.7 Å². The summed E-state index contributed by atoms with van der Waals surface area (Å²) in [6.45, 7) is 0. The highest BCUT2D eigenvalue weighted by Crippen LogP contribution is 2.38. The van der Waals surface area contributed by atoms with Crippen LogP contribution in [-0.2, 0) is 14.6 Å². The molecular weight excluding hydrogens is 321 g/mol. The normalized spacial score (nSPS) is 19.8. The van der Waals surface area contributed by atoms with E-state index in [1.807, 2.05) is 0 Å². The van der Waals surface area contributed by atoms with Gasteiger partial charge in [-0.05, 0) is 42.0 Å². The Morgan fingerprint density at radius 3 is 2.48 bits per heavy atom. The maximum Gasteiger partial charge on any atom is 0.243 e. The van der Waals surface area contributed by atoms with Gasteiger partial charge < -0.3 is 4.74 Å². The number of hydrogen-bond donors (Lipinski definition) is 0. The van der Waals surface area contributed by atoms with Crippen LogP contribution in [0.15, 0.2) is 48.5 Å². The Labute approximate surface area is 133 Å². The van der Waals surface area contributed by atoms with Gasteiger partial charge in [0.2, 0.25) is 5.91 Å². The van der Waals surface area contributed by atoms with E-state index in [9.17, 15) is 17.6 Å². The van der Waals surface area contributed by atoms with Crippen LogP contribution in [0.25, 0.3) is 0 Å². The molecule has 0 aliphatic carbocycles. The van der Waals surface area contributed by atoms with Gasteiger partial charge in [-0.1, -0.05) is 12.1 Å². The minimum absolute atomic E-state index is 0.228. The zero-order chi connectivity index (χ0) is 16.6. The fourth-order valence-corrected chi connectivity index (χ4v) is 4.41. The van der Waals surface area contributed by atoms with E-state index < -0.39 is 32.7 Å². The van der Waals surface area contributed by atoms with Gasteiger partial charge >= 0.3 is 0 Å². The van der Waals surface area contributed by atoms with Gasteiger partial charge in [0.05, 0.1) is 7.11 Å². The van der Waals surface area contributed by atoms with Gasteiger partial charge in [-0.25, -0.2) is 12.8 Å². The number of halogens is 1. The zero-order valence-electron chi connectivity index (χ0n) is 12.3. The summed E-state index contributed by atoms with van der Waals surface area (Å²) in [7, 11) is -2.23. The van der Waals surface area contributed by atoms with Crippen LogP contribution < -0.4 is 9.64 Å². The summed E-state index contributed by atoms with van der Waals surface area (Å²) in [6.07, 6.45) is 0. The summed E-state index contributed by atoms with van der Waals surface area (Å²) in [5.74, 6) is -1.10. The first-order valence-corrected chi connectivity index (χ1v) is 8.57. The third kappa shape index (κ3) is 2.79. The van der Waals surface area contributed by atoms with Crippen LogP contribution in [0.2, 0.25) is 0 Å². The Kier molecular flexibility index (Phi) is 3.81. The Balaban J connectivity index is 2.10. The molecule has 23 heavy (non-hydrogen) atoms. The molecule has 0 bridgehead atoms. The number of nitrogens with zero attached hydrogens (tertiary/aromatic N) is 1. The third-order valence-electron chi connectivity index (χ3n) is 3.65. The van der Waals surface area contributed by atoms with E-state index in [0.29, 0.717) is 11.4 Å². The SMILES string of the molecule is COc1ccc(N2C(=O)CS(=O)(=O)C2c2cccc(F)c2)cc1. The maximum absolute atomic E-state index is 13.5. The van der Waals surface area contributed by atoms with Gasteiger partial charge in [-0.3, -0.25) is 9.69 Å². The lowest BCUT2D eigenvalue weighted by atomic mass is 10.2. The molecule has 0 saturated carbocycles. The largest absolute Gasteiger partial charge is 0.497 e. The molecule has 2 aromatic rings. The number of carbonyl (C=O) groups is 1. The number of benzene rings is 2. The number of hydrogen-bond acceptors (Lipinski definition) is 4. The molecule has 120 valence electrons. The highest BCUT2D eigenvalue weighted by Gasteiger charge is 2.45. The van der Waals surface area contributed by atoms with E-state index in [0.717, 1.165) is 6.07 Å². The molecule has 1 unspecified atom stereocenters. The van der Waals surface area contributed by atoms with Gasteiger partial charge in [0.1, 0.15) is 17.3 Å². The van der Waals surface area contributed by atoms with E-state index in [1.54, 1.807) is 24.3 Å². The molecule has 2 aromatic carbocycles. The van der Waals surface area contributed by atoms with Crippen LogP contribution in [0.5, 0.6) is 5.75 Å². The number of methoxy groups -OCH3 is 1. The van der Waals surface area contributed by atoms with E-state index in [2.05, 4.69) is 0 Å². The Bertz CT molecular complexity index is 849. The lowest BCUT2D eigenvalue weighted by Crippen LogP contribution is -2.29. The van der Waals surface area contributed by atoms with Gasteiger partial charge in [-0.2, -0.15) is 0 Å². The molecule has 0 spiro atoms. The summed E-state index contributed by atoms with van der Waals surface area (Å²) in [6, 6.07) is 11.8. The highest BCUT2D eigenvalue weighted by atomic mass is 32.2. The van der Waals surface area contributed by atoms with E-state index in [1.165, 1.54) is 30.2 Å². The second-order valence-electron chi connectivity index (χ2n) is 5.18. The first kappa shape index (κ1) is 15.5. The predicted molar refractivity (Wildman–Crippen MR) is 83.4 cm³/mol. The molecule has 1 fully saturated rings. The lowest BCUT2D eigenvalue weighted by molar-refractivity contribution is -0.115. The van der Waals surface area contributed by atoms with Gasteiger partial charge in [0, 0.05) is 5.69 Å². The lowest BCUT2D eigenvalue weighted by Gasteiger charge is -2.24. The smallest absolute Gasteiger partial charge is 0.243 e. The molecule has 1 atom stereocenters. The van der Waals surface area contributed by atoms with Crippen molar-refractivity contribution in [3.05, 3.63) is 59.9 Å². The summed E-state index contributed by atoms with van der Waals surface area (Å²) < 4.78 is 43.3. The number of sulfone groups is 1. The van der Waals surface area contributed by atoms with Crippen molar-refractivity contribution in [1.82, 2.24) is 0 Å². The molecule has 5 nitrogen and oxygen atoms in total. The number of ether oxygens (including phenoxy) is 1. The molecule has 1 amide bonds. The van der Waals surface area contributed by atoms with Crippen LogP contribution in [0.4, 0.5) is 10.1 Å². The molecule has 1 saturated heterocycles. The fourth-order valence-electron chi connectivity index (χ4n) is 2.65. The molecule has 0 radical (unpaired) electrons. The average Bonchev–Trinajstić information content (AvgIpc) is 2.76. The van der Waals surface area contributed by atoms with Gasteiger partial charge in [0.15, 0.2) is 15.2 Å². The van der Waals surface area contributed by atoms with Crippen molar-refractivity contribution < 1.29 is 22.3 Å². The van der Waals surface area contributed by atoms with E-state index >= 15 is 0 Å². The molecule has 0 aromatic heterocycles. The maximum atomic E-state index is 13.5. The summed E-state index contributed by atoms with van der Waals surface area (Å²) >= 11 is 0. The second kappa shape index (κ2) is 5.66. The first-order chi connectivity index (χ1) is 10.9. The van der Waals surface area contributed by atoms with Crippen molar-refractivity contribution in [2.45, 2.75) is 5.37 Å². The predicted octanol–water partition coefficient (Wildman–Crippen LogP) is 2.29. The van der Waals surface area contributed by atoms with Crippen molar-refractivity contribution in [2.75, 3.05) is 17.8 Å². The first-order valence-electron chi connectivity index (χ1n) is 6.85. The number of rotatable bonds is 3. The van der Waals surface area contributed by atoms with E-state index in [4.69, 9.17) is 4.74 Å². The summed E-state index contributed by atoms with van der Waals surface area (Å²) in [5, 5.41) is -1.22. The fraction of sp³-hybridized carbons (Fsp3) is 0.188. The average molecular weight is 335 g/mol. The van der Waals surface area contributed by atoms with Crippen molar-refractivity contribution in [1.29, 1.82) is 0 Å². The zero-order valence-corrected chi connectivity index (χ0v) is 13.1. The number of carbonyl (C=O) groups excluding carboxylic acids is 1. The summed E-state index contributed by atoms with van der Waals surface area (Å²) in [4.78, 5) is 13.4. The second-order valence-corrected chi connectivity index (χ2v) is 7.24. The van der Waals surface area contributed by atoms with Crippen LogP contribution in [0, 0.1) is 5.82 Å². The van der Waals surface area contributed by atoms with Crippen molar-refractivity contribution in [3.63, 3.8) is 0 Å². The number of amides is 1. The Morgan fingerprint density at radius 1 is 1.17 bits per heavy atom. The van der Waals surface area contributed by atoms with Gasteiger partial charge in [-0.15, -0.1) is 0 Å². The van der Waals surface area contributed by atoms with Crippen LogP contribution >= 0.6 is 0 Å². The van der Waals surface area contributed by atoms with Crippen molar-refractivity contribution in [3.8, 4) is 5.75 Å². The molecule has 1 aliphatic rings. The van der Waals surface area contributed by atoms with Crippen molar-refractivity contribution in [2.24, 2.45) is 0 Å². The van der Waals surface area contributed by atoms with Crippen LogP contribution in [0.3, 0.4) is 0 Å². The quantitative estimate of drug-likeness (QED) is 0.863. The van der Waals surface area contributed by atoms with Crippen LogP contribution in [-0.4, -0.2) is 27.2 Å². The molecule has 7 heteroatoms. The molecule has 0 N–H and O–H groups in total. The monoisotopic (exact) mass is 335 g/mol. The molecule has 1 heterocycles. The Morgan fingerprint density at radius 2 is 1.87 bits per heavy atom. The van der Waals surface area contributed by atoms with Crippen molar-refractivity contribution >= 4 is 21.4 Å². The molecular formula is C16H14FNO4S. The standard InChI is InChI=1S/C16H14FNO4S/c1-22-14-7-5-13(6-8-14)18-15(19)10-23(20,21)16(18)11-3-2-4-12(17)9-11/h2-9,16H,10H2,1H3. The van der Waals surface area contributed by atoms with E-state index in [-0.39, 0.29) is 5.56 Å². The highest BCUT2D eigenvalue weighted by molar-refractivity contribution is 7.93.